The molecule has 2 heterocycles. The number of hydrogen-bond acceptors (Lipinski definition) is 7. The molecule has 34 heavy (non-hydrogen) atoms. The van der Waals surface area contributed by atoms with Gasteiger partial charge in [-0.15, -0.1) is 0 Å². The summed E-state index contributed by atoms with van der Waals surface area (Å²) in [5.41, 5.74) is 1.74. The number of benzene rings is 2. The standard InChI is InChI=1S/C24H23N3O6S/c1-13-9-22(29)33-20-11-15(4-5-16(13)20)32-12-21(28)25-14-3-6-18-17(10-14)23(30)27-19(7-8-34-2)24(31)26-18/h3-6,9-11,19H,7-8,12H2,1-2H3,(H,25,28)(H,26,31)(H,27,30). The van der Waals surface area contributed by atoms with Crippen molar-refractivity contribution in [2.24, 2.45) is 0 Å². The second-order valence-electron chi connectivity index (χ2n) is 7.80. The zero-order valence-corrected chi connectivity index (χ0v) is 19.4. The van der Waals surface area contributed by atoms with Gasteiger partial charge in [0.25, 0.3) is 11.8 Å². The number of amides is 3. The van der Waals surface area contributed by atoms with Crippen LogP contribution in [0.2, 0.25) is 0 Å². The van der Waals surface area contributed by atoms with Gasteiger partial charge in [0, 0.05) is 23.2 Å². The number of nitrogens with one attached hydrogen (secondary N) is 3. The lowest BCUT2D eigenvalue weighted by atomic mass is 10.1. The molecule has 0 spiro atoms. The molecule has 1 unspecified atom stereocenters. The third-order valence-corrected chi connectivity index (χ3v) is 5.97. The summed E-state index contributed by atoms with van der Waals surface area (Å²) >= 11 is 1.59. The molecule has 3 amide bonds. The molecule has 9 nitrogen and oxygen atoms in total. The van der Waals surface area contributed by atoms with Gasteiger partial charge in [0.15, 0.2) is 6.61 Å². The lowest BCUT2D eigenvalue weighted by Gasteiger charge is -2.13. The van der Waals surface area contributed by atoms with Crippen molar-refractivity contribution in [2.45, 2.75) is 19.4 Å². The van der Waals surface area contributed by atoms with E-state index in [1.165, 1.54) is 12.1 Å². The van der Waals surface area contributed by atoms with Gasteiger partial charge in [-0.25, -0.2) is 4.79 Å². The first-order valence-corrected chi connectivity index (χ1v) is 12.0. The number of ether oxygens (including phenoxy) is 1. The van der Waals surface area contributed by atoms with Crippen LogP contribution in [-0.4, -0.2) is 42.4 Å². The molecular weight excluding hydrogens is 458 g/mol. The zero-order chi connectivity index (χ0) is 24.2. The number of hydrogen-bond donors (Lipinski definition) is 3. The fraction of sp³-hybridized carbons (Fsp3) is 0.250. The van der Waals surface area contributed by atoms with E-state index < -0.39 is 17.6 Å². The van der Waals surface area contributed by atoms with Crippen LogP contribution in [0.3, 0.4) is 0 Å². The number of aryl methyl sites for hydroxylation is 1. The summed E-state index contributed by atoms with van der Waals surface area (Å²) in [5.74, 6) is 0.00441. The summed E-state index contributed by atoms with van der Waals surface area (Å²) in [6.45, 7) is 1.52. The smallest absolute Gasteiger partial charge is 0.336 e. The largest absolute Gasteiger partial charge is 0.484 e. The van der Waals surface area contributed by atoms with Crippen molar-refractivity contribution < 1.29 is 23.5 Å². The maximum Gasteiger partial charge on any atom is 0.336 e. The molecule has 10 heteroatoms. The summed E-state index contributed by atoms with van der Waals surface area (Å²) in [6, 6.07) is 10.5. The van der Waals surface area contributed by atoms with E-state index >= 15 is 0 Å². The van der Waals surface area contributed by atoms with E-state index in [1.807, 2.05) is 13.2 Å². The molecular formula is C24H23N3O6S. The van der Waals surface area contributed by atoms with E-state index in [4.69, 9.17) is 9.15 Å². The van der Waals surface area contributed by atoms with Crippen LogP contribution in [0.15, 0.2) is 51.7 Å². The highest BCUT2D eigenvalue weighted by Crippen LogP contribution is 2.25. The molecule has 0 fully saturated rings. The van der Waals surface area contributed by atoms with Gasteiger partial charge in [-0.2, -0.15) is 11.8 Å². The number of rotatable bonds is 7. The number of carbonyl (C=O) groups is 3. The summed E-state index contributed by atoms with van der Waals surface area (Å²) in [5, 5.41) is 8.96. The number of anilines is 2. The Hall–Kier alpha value is -3.79. The first-order valence-electron chi connectivity index (χ1n) is 10.6. The molecule has 176 valence electrons. The summed E-state index contributed by atoms with van der Waals surface area (Å²) in [4.78, 5) is 49.0. The summed E-state index contributed by atoms with van der Waals surface area (Å²) < 4.78 is 10.7. The Morgan fingerprint density at radius 3 is 2.76 bits per heavy atom. The maximum atomic E-state index is 12.6. The van der Waals surface area contributed by atoms with Crippen molar-refractivity contribution in [2.75, 3.05) is 29.2 Å². The van der Waals surface area contributed by atoms with E-state index in [2.05, 4.69) is 16.0 Å². The average Bonchev–Trinajstić information content (AvgIpc) is 2.91. The quantitative estimate of drug-likeness (QED) is 0.443. The van der Waals surface area contributed by atoms with Crippen LogP contribution in [0.4, 0.5) is 11.4 Å². The molecule has 1 aliphatic rings. The average molecular weight is 482 g/mol. The second-order valence-corrected chi connectivity index (χ2v) is 8.79. The lowest BCUT2D eigenvalue weighted by molar-refractivity contribution is -0.118. The van der Waals surface area contributed by atoms with Gasteiger partial charge in [0.1, 0.15) is 17.4 Å². The monoisotopic (exact) mass is 481 g/mol. The Kier molecular flexibility index (Phi) is 6.87. The van der Waals surface area contributed by atoms with Crippen molar-refractivity contribution in [3.8, 4) is 5.75 Å². The topological polar surface area (TPSA) is 127 Å². The molecule has 0 aliphatic carbocycles. The Bertz CT molecular complexity index is 1340. The summed E-state index contributed by atoms with van der Waals surface area (Å²) in [7, 11) is 0. The van der Waals surface area contributed by atoms with Gasteiger partial charge >= 0.3 is 5.63 Å². The minimum absolute atomic E-state index is 0.263. The first-order chi connectivity index (χ1) is 16.3. The normalized spacial score (nSPS) is 15.2. The predicted octanol–water partition coefficient (Wildman–Crippen LogP) is 2.92. The molecule has 0 radical (unpaired) electrons. The van der Waals surface area contributed by atoms with E-state index in [0.717, 1.165) is 16.7 Å². The third kappa shape index (κ3) is 5.23. The zero-order valence-electron chi connectivity index (χ0n) is 18.6. The fourth-order valence-electron chi connectivity index (χ4n) is 3.62. The highest BCUT2D eigenvalue weighted by Gasteiger charge is 2.27. The summed E-state index contributed by atoms with van der Waals surface area (Å²) in [6.07, 6.45) is 2.45. The first kappa shape index (κ1) is 23.4. The molecule has 0 bridgehead atoms. The van der Waals surface area contributed by atoms with Crippen molar-refractivity contribution >= 4 is 51.8 Å². The molecule has 0 saturated carbocycles. The number of thioether (sulfide) groups is 1. The van der Waals surface area contributed by atoms with E-state index in [0.29, 0.717) is 29.1 Å². The molecule has 1 aromatic heterocycles. The van der Waals surface area contributed by atoms with Gasteiger partial charge in [-0.3, -0.25) is 14.4 Å². The molecule has 1 aliphatic heterocycles. The molecule has 0 saturated heterocycles. The minimum atomic E-state index is -0.617. The second kappa shape index (κ2) is 10.0. The van der Waals surface area contributed by atoms with Crippen molar-refractivity contribution in [3.05, 3.63) is 64.0 Å². The van der Waals surface area contributed by atoms with Crippen LogP contribution in [-0.2, 0) is 9.59 Å². The Morgan fingerprint density at radius 2 is 1.97 bits per heavy atom. The molecule has 3 aromatic rings. The predicted molar refractivity (Wildman–Crippen MR) is 131 cm³/mol. The maximum absolute atomic E-state index is 12.6. The van der Waals surface area contributed by atoms with Gasteiger partial charge in [-0.05, 0) is 61.2 Å². The molecule has 3 N–H and O–H groups in total. The van der Waals surface area contributed by atoms with Gasteiger partial charge in [0.05, 0.1) is 11.3 Å². The van der Waals surface area contributed by atoms with Crippen molar-refractivity contribution in [1.82, 2.24) is 5.32 Å². The minimum Gasteiger partial charge on any atom is -0.484 e. The van der Waals surface area contributed by atoms with Gasteiger partial charge < -0.3 is 25.1 Å². The van der Waals surface area contributed by atoms with E-state index in [9.17, 15) is 19.2 Å². The highest BCUT2D eigenvalue weighted by molar-refractivity contribution is 7.98. The van der Waals surface area contributed by atoms with Crippen molar-refractivity contribution in [1.29, 1.82) is 0 Å². The number of fused-ring (bicyclic) bond motifs is 2. The van der Waals surface area contributed by atoms with Crippen LogP contribution < -0.4 is 26.3 Å². The molecule has 2 aromatic carbocycles. The van der Waals surface area contributed by atoms with E-state index in [1.54, 1.807) is 42.1 Å². The number of carbonyl (C=O) groups excluding carboxylic acids is 3. The Labute approximate surface area is 199 Å². The van der Waals surface area contributed by atoms with Crippen LogP contribution in [0.25, 0.3) is 11.0 Å². The Balaban J connectivity index is 1.42. The van der Waals surface area contributed by atoms with Crippen LogP contribution in [0, 0.1) is 6.92 Å². The third-order valence-electron chi connectivity index (χ3n) is 5.33. The molecule has 4 rings (SSSR count). The SMILES string of the molecule is CSCCC1NC(=O)c2cc(NC(=O)COc3ccc4c(C)cc(=O)oc4c3)ccc2NC1=O. The van der Waals surface area contributed by atoms with Crippen LogP contribution in [0.5, 0.6) is 5.75 Å². The fourth-order valence-corrected chi connectivity index (χ4v) is 4.09. The van der Waals surface area contributed by atoms with Crippen LogP contribution in [0.1, 0.15) is 22.3 Å². The van der Waals surface area contributed by atoms with E-state index in [-0.39, 0.29) is 24.0 Å². The lowest BCUT2D eigenvalue weighted by Crippen LogP contribution is -2.41. The molecule has 1 atom stereocenters. The Morgan fingerprint density at radius 1 is 1.15 bits per heavy atom. The van der Waals surface area contributed by atoms with Crippen molar-refractivity contribution in [3.63, 3.8) is 0 Å². The van der Waals surface area contributed by atoms with Crippen LogP contribution >= 0.6 is 11.8 Å². The highest BCUT2D eigenvalue weighted by atomic mass is 32.2. The van der Waals surface area contributed by atoms with Gasteiger partial charge in [0.2, 0.25) is 5.91 Å². The van der Waals surface area contributed by atoms with Gasteiger partial charge in [-0.1, -0.05) is 0 Å².